The lowest BCUT2D eigenvalue weighted by atomic mass is 10.2. The zero-order valence-corrected chi connectivity index (χ0v) is 18.2. The van der Waals surface area contributed by atoms with E-state index in [1.807, 2.05) is 18.2 Å². The highest BCUT2D eigenvalue weighted by Gasteiger charge is 2.22. The minimum absolute atomic E-state index is 0.934. The molecule has 0 spiro atoms. The van der Waals surface area contributed by atoms with E-state index in [0.29, 0.717) is 0 Å². The van der Waals surface area contributed by atoms with E-state index < -0.39 is 0 Å². The molecular weight excluding hydrogens is 446 g/mol. The zero-order chi connectivity index (χ0) is 20.8. The maximum atomic E-state index is 5.21. The molecule has 0 aliphatic rings. The lowest BCUT2D eigenvalue weighted by Gasteiger charge is -2.10. The van der Waals surface area contributed by atoms with E-state index in [2.05, 4.69) is 116 Å². The molecule has 2 heterocycles. The van der Waals surface area contributed by atoms with Gasteiger partial charge in [-0.3, -0.25) is 9.13 Å². The Labute approximate surface area is 188 Å². The number of halogens is 1. The SMILES string of the molecule is Brc1ccc2c(c1)c1c(nc(-c3ccccc3)n1-c1ccccc1)n2-c1ccccc1. The van der Waals surface area contributed by atoms with Crippen LogP contribution in [-0.4, -0.2) is 14.1 Å². The maximum absolute atomic E-state index is 5.21. The summed E-state index contributed by atoms with van der Waals surface area (Å²) < 4.78 is 5.58. The maximum Gasteiger partial charge on any atom is 0.165 e. The second-order valence-corrected chi connectivity index (χ2v) is 8.39. The first-order chi connectivity index (χ1) is 15.3. The summed E-state index contributed by atoms with van der Waals surface area (Å²) in [5.74, 6) is 0.934. The summed E-state index contributed by atoms with van der Waals surface area (Å²) in [5.41, 5.74) is 6.46. The van der Waals surface area contributed by atoms with Crippen molar-refractivity contribution in [3.8, 4) is 22.8 Å². The lowest BCUT2D eigenvalue weighted by Crippen LogP contribution is -1.97. The first-order valence-electron chi connectivity index (χ1n) is 10.2. The summed E-state index contributed by atoms with van der Waals surface area (Å²) in [6.07, 6.45) is 0. The number of rotatable bonds is 3. The normalized spacial score (nSPS) is 11.4. The van der Waals surface area contributed by atoms with Crippen molar-refractivity contribution in [2.45, 2.75) is 0 Å². The minimum atomic E-state index is 0.934. The van der Waals surface area contributed by atoms with Crippen molar-refractivity contribution < 1.29 is 0 Å². The van der Waals surface area contributed by atoms with E-state index in [0.717, 1.165) is 49.3 Å². The molecule has 0 aliphatic heterocycles. The van der Waals surface area contributed by atoms with Gasteiger partial charge in [-0.15, -0.1) is 0 Å². The number of imidazole rings is 1. The van der Waals surface area contributed by atoms with Crippen LogP contribution in [0.3, 0.4) is 0 Å². The molecule has 148 valence electrons. The first-order valence-corrected chi connectivity index (χ1v) is 11.0. The van der Waals surface area contributed by atoms with E-state index in [1.54, 1.807) is 0 Å². The standard InChI is InChI=1S/C27H18BrN3/c28-20-16-17-24-23(18-20)25-27(30(24)21-12-6-2-7-13-21)29-26(19-10-4-1-5-11-19)31(25)22-14-8-3-9-15-22/h1-18H. The van der Waals surface area contributed by atoms with Gasteiger partial charge in [0.25, 0.3) is 0 Å². The topological polar surface area (TPSA) is 22.8 Å². The molecule has 31 heavy (non-hydrogen) atoms. The molecular formula is C27H18BrN3. The van der Waals surface area contributed by atoms with Crippen LogP contribution in [0.25, 0.3) is 44.8 Å². The van der Waals surface area contributed by atoms with Crippen molar-refractivity contribution >= 4 is 38.0 Å². The summed E-state index contributed by atoms with van der Waals surface area (Å²) in [6.45, 7) is 0. The Morgan fingerprint density at radius 1 is 0.613 bits per heavy atom. The second-order valence-electron chi connectivity index (χ2n) is 7.48. The molecule has 0 bridgehead atoms. The van der Waals surface area contributed by atoms with Crippen molar-refractivity contribution in [1.29, 1.82) is 0 Å². The summed E-state index contributed by atoms with van der Waals surface area (Å²) >= 11 is 3.68. The molecule has 6 rings (SSSR count). The van der Waals surface area contributed by atoms with E-state index in [4.69, 9.17) is 4.98 Å². The average Bonchev–Trinajstić information content (AvgIpc) is 3.35. The van der Waals surface area contributed by atoms with Crippen LogP contribution >= 0.6 is 15.9 Å². The number of nitrogens with zero attached hydrogens (tertiary/aromatic N) is 3. The predicted molar refractivity (Wildman–Crippen MR) is 131 cm³/mol. The van der Waals surface area contributed by atoms with Gasteiger partial charge in [-0.25, -0.2) is 4.98 Å². The van der Waals surface area contributed by atoms with E-state index in [1.165, 1.54) is 0 Å². The van der Waals surface area contributed by atoms with Crippen molar-refractivity contribution in [1.82, 2.24) is 14.1 Å². The highest BCUT2D eigenvalue weighted by molar-refractivity contribution is 9.10. The van der Waals surface area contributed by atoms with Gasteiger partial charge in [-0.05, 0) is 42.5 Å². The molecule has 3 nitrogen and oxygen atoms in total. The Morgan fingerprint density at radius 2 is 1.19 bits per heavy atom. The molecule has 0 unspecified atom stereocenters. The van der Waals surface area contributed by atoms with Crippen LogP contribution in [0.5, 0.6) is 0 Å². The number of benzene rings is 4. The smallest absolute Gasteiger partial charge is 0.165 e. The van der Waals surface area contributed by atoms with Gasteiger partial charge in [0.1, 0.15) is 11.3 Å². The van der Waals surface area contributed by atoms with Gasteiger partial charge >= 0.3 is 0 Å². The predicted octanol–water partition coefficient (Wildman–Crippen LogP) is 7.40. The molecule has 0 radical (unpaired) electrons. The van der Waals surface area contributed by atoms with E-state index in [-0.39, 0.29) is 0 Å². The van der Waals surface area contributed by atoms with Crippen molar-refractivity contribution in [3.63, 3.8) is 0 Å². The molecule has 4 aromatic carbocycles. The number of hydrogen-bond donors (Lipinski definition) is 0. The van der Waals surface area contributed by atoms with Crippen molar-refractivity contribution in [3.05, 3.63) is 114 Å². The summed E-state index contributed by atoms with van der Waals surface area (Å²) in [6, 6.07) is 37.7. The lowest BCUT2D eigenvalue weighted by molar-refractivity contribution is 1.10. The van der Waals surface area contributed by atoms with Gasteiger partial charge in [0, 0.05) is 26.8 Å². The van der Waals surface area contributed by atoms with Crippen LogP contribution in [0.15, 0.2) is 114 Å². The van der Waals surface area contributed by atoms with Gasteiger partial charge < -0.3 is 0 Å². The number of hydrogen-bond acceptors (Lipinski definition) is 1. The number of fused-ring (bicyclic) bond motifs is 3. The third kappa shape index (κ3) is 2.91. The van der Waals surface area contributed by atoms with Gasteiger partial charge in [0.05, 0.1) is 5.52 Å². The fraction of sp³-hybridized carbons (Fsp3) is 0. The highest BCUT2D eigenvalue weighted by Crippen LogP contribution is 2.38. The molecule has 0 aliphatic carbocycles. The second kappa shape index (κ2) is 7.25. The number of aromatic nitrogens is 3. The van der Waals surface area contributed by atoms with Gasteiger partial charge in [-0.2, -0.15) is 0 Å². The summed E-state index contributed by atoms with van der Waals surface area (Å²) in [7, 11) is 0. The Morgan fingerprint density at radius 3 is 1.84 bits per heavy atom. The molecule has 6 aromatic rings. The van der Waals surface area contributed by atoms with Gasteiger partial charge in [-0.1, -0.05) is 82.7 Å². The first kappa shape index (κ1) is 18.2. The molecule has 4 heteroatoms. The minimum Gasteiger partial charge on any atom is -0.293 e. The Bertz CT molecular complexity index is 1510. The van der Waals surface area contributed by atoms with Crippen molar-refractivity contribution in [2.75, 3.05) is 0 Å². The fourth-order valence-corrected chi connectivity index (χ4v) is 4.62. The van der Waals surface area contributed by atoms with Gasteiger partial charge in [0.15, 0.2) is 5.65 Å². The average molecular weight is 464 g/mol. The quantitative estimate of drug-likeness (QED) is 0.268. The van der Waals surface area contributed by atoms with Crippen LogP contribution in [0.4, 0.5) is 0 Å². The van der Waals surface area contributed by atoms with E-state index in [9.17, 15) is 0 Å². The Kier molecular flexibility index (Phi) is 4.25. The Hall–Kier alpha value is -3.63. The third-order valence-corrected chi connectivity index (χ3v) is 6.08. The Balaban J connectivity index is 1.82. The molecule has 0 atom stereocenters. The zero-order valence-electron chi connectivity index (χ0n) is 16.6. The highest BCUT2D eigenvalue weighted by atomic mass is 79.9. The summed E-state index contributed by atoms with van der Waals surface area (Å²) in [5, 5.41) is 1.16. The largest absolute Gasteiger partial charge is 0.293 e. The van der Waals surface area contributed by atoms with Crippen LogP contribution in [0.1, 0.15) is 0 Å². The monoisotopic (exact) mass is 463 g/mol. The molecule has 0 N–H and O–H groups in total. The molecule has 0 saturated heterocycles. The van der Waals surface area contributed by atoms with Crippen LogP contribution < -0.4 is 0 Å². The summed E-state index contributed by atoms with van der Waals surface area (Å²) in [4.78, 5) is 5.21. The fourth-order valence-electron chi connectivity index (χ4n) is 4.26. The number of para-hydroxylation sites is 2. The molecule has 0 saturated carbocycles. The van der Waals surface area contributed by atoms with Gasteiger partial charge in [0.2, 0.25) is 0 Å². The van der Waals surface area contributed by atoms with Crippen LogP contribution in [-0.2, 0) is 0 Å². The third-order valence-electron chi connectivity index (χ3n) is 5.59. The van der Waals surface area contributed by atoms with E-state index >= 15 is 0 Å². The molecule has 0 amide bonds. The van der Waals surface area contributed by atoms with Crippen LogP contribution in [0.2, 0.25) is 0 Å². The van der Waals surface area contributed by atoms with Crippen molar-refractivity contribution in [2.24, 2.45) is 0 Å². The van der Waals surface area contributed by atoms with Crippen LogP contribution in [0, 0.1) is 0 Å². The molecule has 0 fully saturated rings. The molecule has 2 aromatic heterocycles.